The normalized spacial score (nSPS) is 12.4. The fourth-order valence-electron chi connectivity index (χ4n) is 1.80. The summed E-state index contributed by atoms with van der Waals surface area (Å²) in [5.74, 6) is 0. The second-order valence-corrected chi connectivity index (χ2v) is 5.30. The fraction of sp³-hybridized carbons (Fsp3) is 0.143. The van der Waals surface area contributed by atoms with Gasteiger partial charge in [0.15, 0.2) is 0 Å². The van der Waals surface area contributed by atoms with Crippen LogP contribution in [0.3, 0.4) is 0 Å². The van der Waals surface area contributed by atoms with Crippen LogP contribution in [0.15, 0.2) is 42.5 Å². The van der Waals surface area contributed by atoms with Gasteiger partial charge in [-0.3, -0.25) is 0 Å². The standard InChI is InChI=1S/C14H12Cl3N/c15-11-5-1-3-9(7-11)13(18)8-10-4-2-6-12(16)14(10)17/h1-7,13H,8,18H2. The zero-order chi connectivity index (χ0) is 13.1. The molecule has 0 spiro atoms. The highest BCUT2D eigenvalue weighted by Crippen LogP contribution is 2.29. The Morgan fingerprint density at radius 1 is 1.00 bits per heavy atom. The van der Waals surface area contributed by atoms with Crippen molar-refractivity contribution in [2.75, 3.05) is 0 Å². The summed E-state index contributed by atoms with van der Waals surface area (Å²) in [5, 5.41) is 1.80. The smallest absolute Gasteiger partial charge is 0.0624 e. The number of hydrogen-bond acceptors (Lipinski definition) is 1. The van der Waals surface area contributed by atoms with E-state index < -0.39 is 0 Å². The minimum atomic E-state index is -0.153. The largest absolute Gasteiger partial charge is 0.324 e. The van der Waals surface area contributed by atoms with Gasteiger partial charge in [0.05, 0.1) is 10.0 Å². The van der Waals surface area contributed by atoms with E-state index >= 15 is 0 Å². The summed E-state index contributed by atoms with van der Waals surface area (Å²) in [6.07, 6.45) is 0.625. The van der Waals surface area contributed by atoms with Crippen molar-refractivity contribution in [2.24, 2.45) is 5.73 Å². The average molecular weight is 301 g/mol. The lowest BCUT2D eigenvalue weighted by Crippen LogP contribution is -2.13. The van der Waals surface area contributed by atoms with Crippen molar-refractivity contribution < 1.29 is 0 Å². The first-order valence-electron chi connectivity index (χ1n) is 5.52. The van der Waals surface area contributed by atoms with Gasteiger partial charge in [0, 0.05) is 11.1 Å². The molecule has 2 aromatic rings. The van der Waals surface area contributed by atoms with Crippen molar-refractivity contribution in [1.29, 1.82) is 0 Å². The van der Waals surface area contributed by atoms with Crippen LogP contribution in [0.25, 0.3) is 0 Å². The van der Waals surface area contributed by atoms with Crippen LogP contribution < -0.4 is 5.73 Å². The van der Waals surface area contributed by atoms with Crippen LogP contribution in [0.2, 0.25) is 15.1 Å². The van der Waals surface area contributed by atoms with Crippen molar-refractivity contribution in [1.82, 2.24) is 0 Å². The summed E-state index contributed by atoms with van der Waals surface area (Å²) >= 11 is 18.1. The minimum Gasteiger partial charge on any atom is -0.324 e. The number of halogens is 3. The van der Waals surface area contributed by atoms with Gasteiger partial charge in [-0.25, -0.2) is 0 Å². The maximum atomic E-state index is 6.15. The SMILES string of the molecule is NC(Cc1cccc(Cl)c1Cl)c1cccc(Cl)c1. The van der Waals surface area contributed by atoms with E-state index in [4.69, 9.17) is 40.5 Å². The van der Waals surface area contributed by atoms with Gasteiger partial charge in [-0.05, 0) is 35.7 Å². The van der Waals surface area contributed by atoms with Crippen LogP contribution in [0.1, 0.15) is 17.2 Å². The first kappa shape index (κ1) is 13.7. The molecule has 0 aliphatic heterocycles. The highest BCUT2D eigenvalue weighted by Gasteiger charge is 2.11. The van der Waals surface area contributed by atoms with Crippen molar-refractivity contribution in [2.45, 2.75) is 12.5 Å². The van der Waals surface area contributed by atoms with Crippen LogP contribution in [-0.2, 0) is 6.42 Å². The molecule has 1 atom stereocenters. The Bertz CT molecular complexity index is 554. The summed E-state index contributed by atoms with van der Waals surface area (Å²) in [5.41, 5.74) is 8.08. The first-order valence-corrected chi connectivity index (χ1v) is 6.65. The van der Waals surface area contributed by atoms with Crippen molar-refractivity contribution in [3.8, 4) is 0 Å². The van der Waals surface area contributed by atoms with E-state index in [9.17, 15) is 0 Å². The molecule has 0 saturated carbocycles. The molecule has 2 aromatic carbocycles. The van der Waals surface area contributed by atoms with Crippen LogP contribution in [0, 0.1) is 0 Å². The second kappa shape index (κ2) is 5.94. The van der Waals surface area contributed by atoms with Gasteiger partial charge in [0.25, 0.3) is 0 Å². The predicted molar refractivity (Wildman–Crippen MR) is 78.5 cm³/mol. The Balaban J connectivity index is 2.21. The first-order chi connectivity index (χ1) is 8.58. The highest BCUT2D eigenvalue weighted by molar-refractivity contribution is 6.42. The summed E-state index contributed by atoms with van der Waals surface area (Å²) in [6.45, 7) is 0. The third-order valence-electron chi connectivity index (χ3n) is 2.75. The monoisotopic (exact) mass is 299 g/mol. The summed E-state index contributed by atoms with van der Waals surface area (Å²) in [4.78, 5) is 0. The molecule has 94 valence electrons. The van der Waals surface area contributed by atoms with Crippen LogP contribution in [-0.4, -0.2) is 0 Å². The average Bonchev–Trinajstić information content (AvgIpc) is 2.35. The zero-order valence-corrected chi connectivity index (χ0v) is 11.8. The third kappa shape index (κ3) is 3.18. The number of benzene rings is 2. The predicted octanol–water partition coefficient (Wildman–Crippen LogP) is 4.89. The Morgan fingerprint density at radius 3 is 2.44 bits per heavy atom. The molecule has 0 aromatic heterocycles. The molecule has 4 heteroatoms. The summed E-state index contributed by atoms with van der Waals surface area (Å²) in [6, 6.07) is 12.9. The molecule has 0 radical (unpaired) electrons. The van der Waals surface area contributed by atoms with E-state index in [0.717, 1.165) is 11.1 Å². The number of nitrogens with two attached hydrogens (primary N) is 1. The fourth-order valence-corrected chi connectivity index (χ4v) is 2.39. The topological polar surface area (TPSA) is 26.0 Å². The van der Waals surface area contributed by atoms with Gasteiger partial charge < -0.3 is 5.73 Å². The molecular formula is C14H12Cl3N. The van der Waals surface area contributed by atoms with E-state index in [1.165, 1.54) is 0 Å². The zero-order valence-electron chi connectivity index (χ0n) is 9.54. The van der Waals surface area contributed by atoms with Gasteiger partial charge in [0.1, 0.15) is 0 Å². The number of hydrogen-bond donors (Lipinski definition) is 1. The molecule has 0 amide bonds. The molecule has 0 bridgehead atoms. The maximum Gasteiger partial charge on any atom is 0.0624 e. The lowest BCUT2D eigenvalue weighted by molar-refractivity contribution is 0.722. The third-order valence-corrected chi connectivity index (χ3v) is 3.84. The molecule has 0 aliphatic carbocycles. The maximum absolute atomic E-state index is 6.15. The molecule has 0 saturated heterocycles. The molecule has 0 heterocycles. The quantitative estimate of drug-likeness (QED) is 0.858. The van der Waals surface area contributed by atoms with Gasteiger partial charge in [-0.2, -0.15) is 0 Å². The lowest BCUT2D eigenvalue weighted by atomic mass is 10.00. The minimum absolute atomic E-state index is 0.153. The van der Waals surface area contributed by atoms with Crippen molar-refractivity contribution >= 4 is 34.8 Å². The van der Waals surface area contributed by atoms with Gasteiger partial charge >= 0.3 is 0 Å². The Morgan fingerprint density at radius 2 is 1.72 bits per heavy atom. The molecule has 0 fully saturated rings. The van der Waals surface area contributed by atoms with E-state index in [1.54, 1.807) is 6.07 Å². The Hall–Kier alpha value is -0.730. The lowest BCUT2D eigenvalue weighted by Gasteiger charge is -2.14. The summed E-state index contributed by atoms with van der Waals surface area (Å²) < 4.78 is 0. The Kier molecular flexibility index (Phi) is 4.52. The second-order valence-electron chi connectivity index (χ2n) is 4.08. The van der Waals surface area contributed by atoms with Crippen molar-refractivity contribution in [3.63, 3.8) is 0 Å². The van der Waals surface area contributed by atoms with E-state index in [-0.39, 0.29) is 6.04 Å². The molecule has 2 rings (SSSR count). The molecule has 1 nitrogen and oxygen atoms in total. The molecular weight excluding hydrogens is 289 g/mol. The summed E-state index contributed by atoms with van der Waals surface area (Å²) in [7, 11) is 0. The highest BCUT2D eigenvalue weighted by atomic mass is 35.5. The molecule has 2 N–H and O–H groups in total. The van der Waals surface area contributed by atoms with Gasteiger partial charge in [-0.15, -0.1) is 0 Å². The molecule has 1 unspecified atom stereocenters. The van der Waals surface area contributed by atoms with E-state index in [1.807, 2.05) is 36.4 Å². The van der Waals surface area contributed by atoms with Crippen LogP contribution in [0.4, 0.5) is 0 Å². The van der Waals surface area contributed by atoms with Crippen LogP contribution in [0.5, 0.6) is 0 Å². The Labute approximate surface area is 121 Å². The molecule has 18 heavy (non-hydrogen) atoms. The van der Waals surface area contributed by atoms with E-state index in [2.05, 4.69) is 0 Å². The van der Waals surface area contributed by atoms with Crippen LogP contribution >= 0.6 is 34.8 Å². The van der Waals surface area contributed by atoms with Gasteiger partial charge in [-0.1, -0.05) is 59.1 Å². The van der Waals surface area contributed by atoms with E-state index in [0.29, 0.717) is 21.5 Å². The van der Waals surface area contributed by atoms with Crippen molar-refractivity contribution in [3.05, 3.63) is 68.7 Å². The number of rotatable bonds is 3. The molecule has 0 aliphatic rings. The van der Waals surface area contributed by atoms with Gasteiger partial charge in [0.2, 0.25) is 0 Å².